The Morgan fingerprint density at radius 3 is 2.60 bits per heavy atom. The molecule has 1 saturated heterocycles. The highest BCUT2D eigenvalue weighted by molar-refractivity contribution is 4.76. The minimum Gasteiger partial charge on any atom is -0.394 e. The lowest BCUT2D eigenvalue weighted by molar-refractivity contribution is -0.136. The standard InChI is InChI=1S/C6H12O4/c7-2-6-5(9)1-4(8)3-10-6/h4-9H,1-3H2. The number of hydrogen-bond acceptors (Lipinski definition) is 4. The van der Waals surface area contributed by atoms with Gasteiger partial charge in [0.05, 0.1) is 25.4 Å². The number of aliphatic hydroxyl groups is 3. The second kappa shape index (κ2) is 3.30. The number of aliphatic hydroxyl groups excluding tert-OH is 3. The van der Waals surface area contributed by atoms with Crippen molar-refractivity contribution in [2.24, 2.45) is 0 Å². The molecule has 0 spiro atoms. The largest absolute Gasteiger partial charge is 0.394 e. The molecule has 1 aliphatic rings. The van der Waals surface area contributed by atoms with Crippen molar-refractivity contribution in [2.75, 3.05) is 13.2 Å². The van der Waals surface area contributed by atoms with Crippen LogP contribution in [0, 0.1) is 0 Å². The summed E-state index contributed by atoms with van der Waals surface area (Å²) in [6, 6.07) is 0. The second-order valence-electron chi connectivity index (χ2n) is 2.51. The van der Waals surface area contributed by atoms with E-state index >= 15 is 0 Å². The first-order valence-corrected chi connectivity index (χ1v) is 3.32. The normalized spacial score (nSPS) is 41.7. The zero-order valence-corrected chi connectivity index (χ0v) is 5.60. The van der Waals surface area contributed by atoms with Gasteiger partial charge in [0.2, 0.25) is 0 Å². The monoisotopic (exact) mass is 148 g/mol. The summed E-state index contributed by atoms with van der Waals surface area (Å²) in [5, 5.41) is 26.6. The van der Waals surface area contributed by atoms with Gasteiger partial charge in [0, 0.05) is 6.42 Å². The van der Waals surface area contributed by atoms with Crippen LogP contribution in [0.3, 0.4) is 0 Å². The maximum atomic E-state index is 9.09. The fourth-order valence-electron chi connectivity index (χ4n) is 1.02. The molecule has 1 fully saturated rings. The highest BCUT2D eigenvalue weighted by Crippen LogP contribution is 2.13. The molecule has 0 amide bonds. The fraction of sp³-hybridized carbons (Fsp3) is 1.00. The Labute approximate surface area is 59.1 Å². The molecule has 0 radical (unpaired) electrons. The Morgan fingerprint density at radius 1 is 1.40 bits per heavy atom. The van der Waals surface area contributed by atoms with Crippen molar-refractivity contribution in [2.45, 2.75) is 24.7 Å². The Balaban J connectivity index is 2.36. The molecule has 3 N–H and O–H groups in total. The molecule has 0 bridgehead atoms. The summed E-state index contributed by atoms with van der Waals surface area (Å²) in [7, 11) is 0. The third kappa shape index (κ3) is 1.67. The van der Waals surface area contributed by atoms with E-state index in [9.17, 15) is 0 Å². The van der Waals surface area contributed by atoms with Crippen LogP contribution in [0.5, 0.6) is 0 Å². The summed E-state index contributed by atoms with van der Waals surface area (Å²) in [4.78, 5) is 0. The highest BCUT2D eigenvalue weighted by Gasteiger charge is 2.27. The van der Waals surface area contributed by atoms with Gasteiger partial charge in [-0.15, -0.1) is 0 Å². The SMILES string of the molecule is OCC1OCC(O)CC1O. The lowest BCUT2D eigenvalue weighted by Gasteiger charge is -2.29. The molecular weight excluding hydrogens is 136 g/mol. The molecule has 0 aliphatic carbocycles. The van der Waals surface area contributed by atoms with Crippen LogP contribution < -0.4 is 0 Å². The van der Waals surface area contributed by atoms with Crippen molar-refractivity contribution in [3.8, 4) is 0 Å². The van der Waals surface area contributed by atoms with Gasteiger partial charge in [-0.2, -0.15) is 0 Å². The average Bonchev–Trinajstić information content (AvgIpc) is 1.88. The number of rotatable bonds is 1. The average molecular weight is 148 g/mol. The van der Waals surface area contributed by atoms with E-state index in [1.165, 1.54) is 0 Å². The maximum absolute atomic E-state index is 9.09. The van der Waals surface area contributed by atoms with Crippen LogP contribution in [0.4, 0.5) is 0 Å². The first-order valence-electron chi connectivity index (χ1n) is 3.32. The van der Waals surface area contributed by atoms with Crippen LogP contribution in [0.25, 0.3) is 0 Å². The van der Waals surface area contributed by atoms with E-state index in [1.807, 2.05) is 0 Å². The number of ether oxygens (including phenoxy) is 1. The van der Waals surface area contributed by atoms with Crippen LogP contribution in [-0.2, 0) is 4.74 Å². The lowest BCUT2D eigenvalue weighted by Crippen LogP contribution is -2.42. The molecule has 3 atom stereocenters. The van der Waals surface area contributed by atoms with Crippen molar-refractivity contribution in [3.63, 3.8) is 0 Å². The summed E-state index contributed by atoms with van der Waals surface area (Å²) in [5.74, 6) is 0. The Kier molecular flexibility index (Phi) is 2.62. The molecule has 0 aromatic rings. The molecule has 0 aromatic carbocycles. The smallest absolute Gasteiger partial charge is 0.107 e. The Bertz CT molecular complexity index is 106. The minimum atomic E-state index is -0.728. The van der Waals surface area contributed by atoms with Crippen LogP contribution >= 0.6 is 0 Å². The van der Waals surface area contributed by atoms with E-state index in [1.54, 1.807) is 0 Å². The predicted octanol–water partition coefficient (Wildman–Crippen LogP) is -1.51. The molecule has 3 unspecified atom stereocenters. The first kappa shape index (κ1) is 7.94. The molecule has 1 rings (SSSR count). The summed E-state index contributed by atoms with van der Waals surface area (Å²) in [6.07, 6.45) is -1.53. The van der Waals surface area contributed by atoms with Crippen molar-refractivity contribution in [1.82, 2.24) is 0 Å². The lowest BCUT2D eigenvalue weighted by atomic mass is 10.0. The summed E-state index contributed by atoms with van der Waals surface area (Å²) < 4.78 is 4.90. The van der Waals surface area contributed by atoms with Gasteiger partial charge in [0.15, 0.2) is 0 Å². The van der Waals surface area contributed by atoms with E-state index in [0.717, 1.165) is 0 Å². The first-order chi connectivity index (χ1) is 4.74. The van der Waals surface area contributed by atoms with Gasteiger partial charge in [-0.1, -0.05) is 0 Å². The van der Waals surface area contributed by atoms with Crippen LogP contribution in [0.1, 0.15) is 6.42 Å². The zero-order valence-electron chi connectivity index (χ0n) is 5.60. The zero-order chi connectivity index (χ0) is 7.56. The van der Waals surface area contributed by atoms with E-state index in [-0.39, 0.29) is 13.2 Å². The highest BCUT2D eigenvalue weighted by atomic mass is 16.5. The fourth-order valence-corrected chi connectivity index (χ4v) is 1.02. The predicted molar refractivity (Wildman–Crippen MR) is 33.5 cm³/mol. The van der Waals surface area contributed by atoms with Crippen LogP contribution in [-0.4, -0.2) is 46.8 Å². The van der Waals surface area contributed by atoms with Crippen LogP contribution in [0.2, 0.25) is 0 Å². The third-order valence-electron chi connectivity index (χ3n) is 1.63. The maximum Gasteiger partial charge on any atom is 0.107 e. The molecule has 4 heteroatoms. The Morgan fingerprint density at radius 2 is 2.10 bits per heavy atom. The molecule has 1 heterocycles. The second-order valence-corrected chi connectivity index (χ2v) is 2.51. The van der Waals surface area contributed by atoms with Crippen molar-refractivity contribution >= 4 is 0 Å². The van der Waals surface area contributed by atoms with Crippen molar-refractivity contribution in [1.29, 1.82) is 0 Å². The molecular formula is C6H12O4. The summed E-state index contributed by atoms with van der Waals surface area (Å²) in [5.41, 5.74) is 0. The van der Waals surface area contributed by atoms with Gasteiger partial charge in [-0.25, -0.2) is 0 Å². The molecule has 0 saturated carbocycles. The molecule has 60 valence electrons. The topological polar surface area (TPSA) is 69.9 Å². The Hall–Kier alpha value is -0.160. The molecule has 10 heavy (non-hydrogen) atoms. The van der Waals surface area contributed by atoms with E-state index in [2.05, 4.69) is 0 Å². The third-order valence-corrected chi connectivity index (χ3v) is 1.63. The van der Waals surface area contributed by atoms with Gasteiger partial charge in [0.1, 0.15) is 6.10 Å². The van der Waals surface area contributed by atoms with E-state index in [4.69, 9.17) is 20.1 Å². The molecule has 1 aliphatic heterocycles. The van der Waals surface area contributed by atoms with E-state index < -0.39 is 18.3 Å². The van der Waals surface area contributed by atoms with Crippen LogP contribution in [0.15, 0.2) is 0 Å². The van der Waals surface area contributed by atoms with Crippen molar-refractivity contribution in [3.05, 3.63) is 0 Å². The van der Waals surface area contributed by atoms with Crippen molar-refractivity contribution < 1.29 is 20.1 Å². The van der Waals surface area contributed by atoms with E-state index in [0.29, 0.717) is 6.42 Å². The van der Waals surface area contributed by atoms with Gasteiger partial charge < -0.3 is 20.1 Å². The number of hydrogen-bond donors (Lipinski definition) is 3. The van der Waals surface area contributed by atoms with Gasteiger partial charge in [-0.3, -0.25) is 0 Å². The van der Waals surface area contributed by atoms with Gasteiger partial charge in [-0.05, 0) is 0 Å². The summed E-state index contributed by atoms with van der Waals surface area (Å²) in [6.45, 7) is 0.0240. The van der Waals surface area contributed by atoms with Gasteiger partial charge in [0.25, 0.3) is 0 Å². The molecule has 0 aromatic heterocycles. The summed E-state index contributed by atoms with van der Waals surface area (Å²) >= 11 is 0. The van der Waals surface area contributed by atoms with Gasteiger partial charge >= 0.3 is 0 Å². The quantitative estimate of drug-likeness (QED) is 0.423. The molecule has 4 nitrogen and oxygen atoms in total. The minimum absolute atomic E-state index is 0.187.